The molecule has 0 saturated carbocycles. The van der Waals surface area contributed by atoms with Crippen molar-refractivity contribution in [3.8, 4) is 0 Å². The molecule has 0 aliphatic rings. The lowest BCUT2D eigenvalue weighted by Gasteiger charge is -2.28. The Hall–Kier alpha value is -2.30. The number of unbranched alkanes of at least 4 members (excludes halogenated alkanes) is 1. The highest BCUT2D eigenvalue weighted by Crippen LogP contribution is 2.29. The molecule has 164 valence electrons. The third-order valence-electron chi connectivity index (χ3n) is 5.94. The van der Waals surface area contributed by atoms with Crippen molar-refractivity contribution in [3.05, 3.63) is 72.1 Å². The summed E-state index contributed by atoms with van der Waals surface area (Å²) in [5.74, 6) is 0.944. The van der Waals surface area contributed by atoms with Crippen LogP contribution in [0.15, 0.2) is 60.8 Å². The minimum Gasteiger partial charge on any atom is -0.377 e. The van der Waals surface area contributed by atoms with E-state index >= 15 is 0 Å². The standard InChI is InChI=1S/C27H36N3S/c1-28(2)27-17-15-23(25-12-5-6-13-26(25)27)14-16-24-11-7-8-18-29(24)19-9-10-20-30(3,4)21-22-31/h5-8,11-18H,9-10,19-22H2,1-4H3/q+1/p+1. The van der Waals surface area contributed by atoms with Gasteiger partial charge in [-0.1, -0.05) is 30.3 Å². The highest BCUT2D eigenvalue weighted by molar-refractivity contribution is 7.80. The van der Waals surface area contributed by atoms with Crippen LogP contribution in [-0.2, 0) is 6.54 Å². The second kappa shape index (κ2) is 10.8. The quantitative estimate of drug-likeness (QED) is 0.200. The average molecular weight is 436 g/mol. The summed E-state index contributed by atoms with van der Waals surface area (Å²) in [5, 5.41) is 2.58. The van der Waals surface area contributed by atoms with E-state index in [0.717, 1.165) is 23.3 Å². The van der Waals surface area contributed by atoms with Gasteiger partial charge in [-0.25, -0.2) is 0 Å². The first kappa shape index (κ1) is 23.4. The van der Waals surface area contributed by atoms with E-state index in [-0.39, 0.29) is 0 Å². The second-order valence-corrected chi connectivity index (χ2v) is 9.53. The number of aryl methyl sites for hydroxylation is 1. The molecule has 0 spiro atoms. The molecule has 0 aliphatic carbocycles. The molecule has 0 fully saturated rings. The highest BCUT2D eigenvalue weighted by Gasteiger charge is 2.14. The Morgan fingerprint density at radius 2 is 1.61 bits per heavy atom. The van der Waals surface area contributed by atoms with Gasteiger partial charge in [0.1, 0.15) is 6.54 Å². The molecule has 0 N–H and O–H groups in total. The normalized spacial score (nSPS) is 12.0. The maximum Gasteiger partial charge on any atom is 0.205 e. The van der Waals surface area contributed by atoms with Crippen LogP contribution in [0, 0.1) is 0 Å². The van der Waals surface area contributed by atoms with Crippen molar-refractivity contribution in [2.24, 2.45) is 0 Å². The van der Waals surface area contributed by atoms with Crippen molar-refractivity contribution in [1.82, 2.24) is 0 Å². The number of pyridine rings is 1. The van der Waals surface area contributed by atoms with Gasteiger partial charge in [-0.3, -0.25) is 0 Å². The van der Waals surface area contributed by atoms with Crippen LogP contribution in [0.5, 0.6) is 0 Å². The monoisotopic (exact) mass is 435 g/mol. The van der Waals surface area contributed by atoms with E-state index in [9.17, 15) is 0 Å². The lowest BCUT2D eigenvalue weighted by atomic mass is 10.0. The topological polar surface area (TPSA) is 7.12 Å². The maximum atomic E-state index is 4.39. The smallest absolute Gasteiger partial charge is 0.205 e. The predicted octanol–water partition coefficient (Wildman–Crippen LogP) is 5.15. The predicted molar refractivity (Wildman–Crippen MR) is 139 cm³/mol. The van der Waals surface area contributed by atoms with Gasteiger partial charge in [0, 0.05) is 62.0 Å². The number of benzene rings is 2. The third kappa shape index (κ3) is 6.34. The molecule has 1 heterocycles. The second-order valence-electron chi connectivity index (χ2n) is 9.08. The van der Waals surface area contributed by atoms with E-state index < -0.39 is 0 Å². The summed E-state index contributed by atoms with van der Waals surface area (Å²) in [7, 11) is 8.79. The van der Waals surface area contributed by atoms with E-state index in [0.29, 0.717) is 0 Å². The van der Waals surface area contributed by atoms with Crippen LogP contribution in [0.25, 0.3) is 22.9 Å². The van der Waals surface area contributed by atoms with Crippen molar-refractivity contribution >= 4 is 41.2 Å². The van der Waals surface area contributed by atoms with Crippen molar-refractivity contribution in [1.29, 1.82) is 0 Å². The molecule has 0 bridgehead atoms. The van der Waals surface area contributed by atoms with Crippen molar-refractivity contribution in [2.75, 3.05) is 51.9 Å². The molecule has 0 aliphatic heterocycles. The van der Waals surface area contributed by atoms with Crippen LogP contribution in [0.2, 0.25) is 0 Å². The first-order chi connectivity index (χ1) is 14.9. The molecular formula is C27H37N3S+2. The Labute approximate surface area is 193 Å². The summed E-state index contributed by atoms with van der Waals surface area (Å²) in [4.78, 5) is 2.18. The number of quaternary nitrogens is 1. The number of anilines is 1. The number of nitrogens with zero attached hydrogens (tertiary/aromatic N) is 3. The Kier molecular flexibility index (Phi) is 8.16. The number of fused-ring (bicyclic) bond motifs is 1. The van der Waals surface area contributed by atoms with Crippen LogP contribution in [-0.4, -0.2) is 51.5 Å². The van der Waals surface area contributed by atoms with Gasteiger partial charge in [-0.15, -0.1) is 0 Å². The van der Waals surface area contributed by atoms with Crippen molar-refractivity contribution in [3.63, 3.8) is 0 Å². The summed E-state index contributed by atoms with van der Waals surface area (Å²) in [6.45, 7) is 3.36. The van der Waals surface area contributed by atoms with Crippen LogP contribution in [0.4, 0.5) is 5.69 Å². The molecule has 0 radical (unpaired) electrons. The fourth-order valence-corrected chi connectivity index (χ4v) is 4.61. The fraction of sp³-hybridized carbons (Fsp3) is 0.370. The molecule has 4 heteroatoms. The van der Waals surface area contributed by atoms with Crippen LogP contribution in [0.3, 0.4) is 0 Å². The molecule has 1 aromatic heterocycles. The number of hydrogen-bond donors (Lipinski definition) is 1. The number of hydrogen-bond acceptors (Lipinski definition) is 2. The Balaban J connectivity index is 1.75. The van der Waals surface area contributed by atoms with E-state index in [2.05, 4.69) is 123 Å². The number of thiol groups is 1. The molecule has 3 aromatic rings. The van der Waals surface area contributed by atoms with E-state index in [1.165, 1.54) is 47.1 Å². The van der Waals surface area contributed by atoms with Gasteiger partial charge in [0.05, 0.1) is 27.2 Å². The van der Waals surface area contributed by atoms with Crippen LogP contribution in [0.1, 0.15) is 24.1 Å². The van der Waals surface area contributed by atoms with Crippen molar-refractivity contribution in [2.45, 2.75) is 19.4 Å². The van der Waals surface area contributed by atoms with Gasteiger partial charge in [-0.2, -0.15) is 17.2 Å². The molecule has 31 heavy (non-hydrogen) atoms. The zero-order valence-corrected chi connectivity index (χ0v) is 20.4. The largest absolute Gasteiger partial charge is 0.377 e. The lowest BCUT2D eigenvalue weighted by molar-refractivity contribution is -0.888. The molecule has 0 atom stereocenters. The zero-order valence-electron chi connectivity index (χ0n) is 19.5. The Bertz CT molecular complexity index is 1020. The maximum absolute atomic E-state index is 4.39. The lowest BCUT2D eigenvalue weighted by Crippen LogP contribution is -2.42. The minimum atomic E-state index is 0.944. The minimum absolute atomic E-state index is 0.944. The van der Waals surface area contributed by atoms with Crippen molar-refractivity contribution < 1.29 is 9.05 Å². The Morgan fingerprint density at radius 3 is 2.35 bits per heavy atom. The van der Waals surface area contributed by atoms with Gasteiger partial charge >= 0.3 is 0 Å². The van der Waals surface area contributed by atoms with Gasteiger partial charge < -0.3 is 9.38 Å². The summed E-state index contributed by atoms with van der Waals surface area (Å²) in [5.41, 5.74) is 3.75. The molecule has 0 amide bonds. The average Bonchev–Trinajstić information content (AvgIpc) is 2.75. The van der Waals surface area contributed by atoms with Gasteiger partial charge in [0.25, 0.3) is 0 Å². The first-order valence-corrected chi connectivity index (χ1v) is 11.8. The summed E-state index contributed by atoms with van der Waals surface area (Å²) in [6, 6.07) is 19.5. The van der Waals surface area contributed by atoms with E-state index in [1.807, 2.05) is 0 Å². The molecular weight excluding hydrogens is 398 g/mol. The van der Waals surface area contributed by atoms with Gasteiger partial charge in [0.2, 0.25) is 5.69 Å². The fourth-order valence-electron chi connectivity index (χ4n) is 4.07. The Morgan fingerprint density at radius 1 is 0.871 bits per heavy atom. The summed E-state index contributed by atoms with van der Waals surface area (Å²) >= 11 is 4.39. The van der Waals surface area contributed by atoms with Gasteiger partial charge in [-0.05, 0) is 29.2 Å². The summed E-state index contributed by atoms with van der Waals surface area (Å²) < 4.78 is 3.41. The van der Waals surface area contributed by atoms with Crippen LogP contribution < -0.4 is 9.47 Å². The molecule has 2 aromatic carbocycles. The molecule has 0 unspecified atom stereocenters. The van der Waals surface area contributed by atoms with Crippen LogP contribution >= 0.6 is 12.6 Å². The summed E-state index contributed by atoms with van der Waals surface area (Å²) in [6.07, 6.45) is 9.10. The van der Waals surface area contributed by atoms with E-state index in [4.69, 9.17) is 0 Å². The van der Waals surface area contributed by atoms with E-state index in [1.54, 1.807) is 0 Å². The highest BCUT2D eigenvalue weighted by atomic mass is 32.1. The number of rotatable bonds is 10. The number of aromatic nitrogens is 1. The molecule has 0 saturated heterocycles. The zero-order chi connectivity index (χ0) is 22.3. The third-order valence-corrected chi connectivity index (χ3v) is 6.14. The molecule has 3 nitrogen and oxygen atoms in total. The van der Waals surface area contributed by atoms with Gasteiger partial charge in [0.15, 0.2) is 6.20 Å². The molecule has 3 rings (SSSR count). The first-order valence-electron chi connectivity index (χ1n) is 11.2. The SMILES string of the molecule is CN(C)c1ccc(/C=C/c2cccc[n+]2CCCC[N+](C)(C)CCS)c2ccccc12.